The minimum absolute atomic E-state index is 0.229. The number of epoxide rings is 2. The molecule has 0 amide bonds. The van der Waals surface area contributed by atoms with Gasteiger partial charge in [0, 0.05) is 6.61 Å². The van der Waals surface area contributed by atoms with Crippen LogP contribution >= 0.6 is 0 Å². The molecule has 2 saturated heterocycles. The summed E-state index contributed by atoms with van der Waals surface area (Å²) in [4.78, 5) is 0. The van der Waals surface area contributed by atoms with E-state index in [2.05, 4.69) is 57.5 Å². The standard InChI is InChI=1S/C10H28O3Si3.C3H6O.C2H4O/c1-14(2,3)12-16(7,10-8-9-11)13-15(4,5)6;1-3-2-4-3;1-2-3-1/h11H,8-10H2,1-7H3;3H,2H2,1H3;1-2H2. The third-order valence-corrected chi connectivity index (χ3v) is 12.2. The molecule has 2 aliphatic rings. The predicted octanol–water partition coefficient (Wildman–Crippen LogP) is 3.57. The Morgan fingerprint density at radius 1 is 0.957 bits per heavy atom. The van der Waals surface area contributed by atoms with E-state index in [1.807, 2.05) is 0 Å². The van der Waals surface area contributed by atoms with Gasteiger partial charge in [0.2, 0.25) is 0 Å². The third-order valence-electron chi connectivity index (χ3n) is 2.54. The van der Waals surface area contributed by atoms with Crippen molar-refractivity contribution in [2.24, 2.45) is 0 Å². The van der Waals surface area contributed by atoms with Gasteiger partial charge in [0.25, 0.3) is 0 Å². The molecular weight excluding hydrogens is 344 g/mol. The van der Waals surface area contributed by atoms with Crippen LogP contribution in [-0.2, 0) is 17.7 Å². The van der Waals surface area contributed by atoms with E-state index in [4.69, 9.17) is 18.1 Å². The van der Waals surface area contributed by atoms with Crippen LogP contribution in [-0.4, -0.2) is 62.8 Å². The molecule has 0 aromatic heterocycles. The Balaban J connectivity index is 0.000000551. The van der Waals surface area contributed by atoms with Crippen molar-refractivity contribution >= 4 is 25.2 Å². The van der Waals surface area contributed by atoms with Gasteiger partial charge < -0.3 is 22.8 Å². The van der Waals surface area contributed by atoms with Crippen molar-refractivity contribution in [3.63, 3.8) is 0 Å². The molecule has 0 aliphatic carbocycles. The van der Waals surface area contributed by atoms with E-state index >= 15 is 0 Å². The maximum atomic E-state index is 8.96. The van der Waals surface area contributed by atoms with E-state index in [0.29, 0.717) is 6.10 Å². The number of aliphatic hydroxyl groups is 1. The van der Waals surface area contributed by atoms with Gasteiger partial charge in [-0.15, -0.1) is 0 Å². The second kappa shape index (κ2) is 10.4. The second-order valence-corrected chi connectivity index (χ2v) is 21.0. The highest BCUT2D eigenvalue weighted by Gasteiger charge is 2.39. The lowest BCUT2D eigenvalue weighted by atomic mass is 10.5. The van der Waals surface area contributed by atoms with Gasteiger partial charge in [-0.05, 0) is 65.2 Å². The molecule has 0 radical (unpaired) electrons. The lowest BCUT2D eigenvalue weighted by Gasteiger charge is -2.38. The molecule has 1 unspecified atom stereocenters. The van der Waals surface area contributed by atoms with E-state index in [1.54, 1.807) is 0 Å². The first kappa shape index (κ1) is 23.5. The number of hydrogen-bond donors (Lipinski definition) is 1. The molecule has 2 heterocycles. The highest BCUT2D eigenvalue weighted by atomic mass is 28.5. The van der Waals surface area contributed by atoms with Crippen molar-refractivity contribution in [1.29, 1.82) is 0 Å². The fourth-order valence-electron chi connectivity index (χ4n) is 1.91. The second-order valence-electron chi connectivity index (χ2n) is 8.15. The van der Waals surface area contributed by atoms with Crippen molar-refractivity contribution in [1.82, 2.24) is 0 Å². The molecule has 2 rings (SSSR count). The molecule has 140 valence electrons. The molecule has 0 saturated carbocycles. The first-order chi connectivity index (χ1) is 10.4. The minimum atomic E-state index is -2.08. The SMILES string of the molecule is C1CO1.CC1CO1.C[Si](C)(C)O[Si](C)(CCCO)O[Si](C)(C)C. The summed E-state index contributed by atoms with van der Waals surface area (Å²) in [5, 5.41) is 8.96. The van der Waals surface area contributed by atoms with Crippen molar-refractivity contribution in [3.8, 4) is 0 Å². The lowest BCUT2D eigenvalue weighted by Crippen LogP contribution is -2.52. The number of hydrogen-bond acceptors (Lipinski definition) is 5. The van der Waals surface area contributed by atoms with Crippen molar-refractivity contribution < 1.29 is 22.8 Å². The summed E-state index contributed by atoms with van der Waals surface area (Å²) < 4.78 is 21.8. The summed E-state index contributed by atoms with van der Waals surface area (Å²) in [5.41, 5.74) is 0. The fraction of sp³-hybridized carbons (Fsp3) is 1.00. The Morgan fingerprint density at radius 2 is 1.30 bits per heavy atom. The quantitative estimate of drug-likeness (QED) is 0.539. The van der Waals surface area contributed by atoms with Crippen LogP contribution in [0.4, 0.5) is 0 Å². The monoisotopic (exact) mass is 382 g/mol. The van der Waals surface area contributed by atoms with Crippen LogP contribution < -0.4 is 0 Å². The van der Waals surface area contributed by atoms with Gasteiger partial charge in [-0.25, -0.2) is 0 Å². The zero-order valence-electron chi connectivity index (χ0n) is 16.4. The summed E-state index contributed by atoms with van der Waals surface area (Å²) in [6.07, 6.45) is 1.37. The lowest BCUT2D eigenvalue weighted by molar-refractivity contribution is 0.286. The van der Waals surface area contributed by atoms with Crippen molar-refractivity contribution in [2.45, 2.75) is 71.3 Å². The van der Waals surface area contributed by atoms with Crippen LogP contribution in [0.5, 0.6) is 0 Å². The number of rotatable bonds is 7. The molecule has 0 bridgehead atoms. The smallest absolute Gasteiger partial charge is 0.314 e. The van der Waals surface area contributed by atoms with Crippen LogP contribution in [0.15, 0.2) is 0 Å². The molecule has 1 atom stereocenters. The molecule has 1 N–H and O–H groups in total. The number of aliphatic hydroxyl groups excluding tert-OH is 1. The van der Waals surface area contributed by atoms with E-state index < -0.39 is 25.2 Å². The first-order valence-corrected chi connectivity index (χ1v) is 17.9. The van der Waals surface area contributed by atoms with Gasteiger partial charge in [-0.1, -0.05) is 0 Å². The van der Waals surface area contributed by atoms with Crippen molar-refractivity contribution in [3.05, 3.63) is 0 Å². The average Bonchev–Trinajstić information content (AvgIpc) is 3.15. The van der Waals surface area contributed by atoms with Gasteiger partial charge in [0.1, 0.15) is 0 Å². The maximum absolute atomic E-state index is 8.96. The van der Waals surface area contributed by atoms with Crippen LogP contribution in [0.25, 0.3) is 0 Å². The summed E-state index contributed by atoms with van der Waals surface area (Å²) in [7, 11) is -5.21. The molecule has 8 heteroatoms. The molecule has 0 aromatic rings. The Morgan fingerprint density at radius 3 is 1.48 bits per heavy atom. The van der Waals surface area contributed by atoms with Gasteiger partial charge in [-0.3, -0.25) is 0 Å². The summed E-state index contributed by atoms with van der Waals surface area (Å²) in [5.74, 6) is 0. The highest BCUT2D eigenvalue weighted by Crippen LogP contribution is 2.25. The van der Waals surface area contributed by atoms with E-state index in [1.165, 1.54) is 0 Å². The molecule has 2 aliphatic heterocycles. The molecular formula is C15H38O5Si3. The van der Waals surface area contributed by atoms with Gasteiger partial charge in [0.15, 0.2) is 16.6 Å². The Labute approximate surface area is 146 Å². The largest absolute Gasteiger partial charge is 0.437 e. The molecule has 0 spiro atoms. The zero-order valence-corrected chi connectivity index (χ0v) is 19.4. The van der Waals surface area contributed by atoms with Gasteiger partial charge in [-0.2, -0.15) is 0 Å². The number of ether oxygens (including phenoxy) is 2. The average molecular weight is 383 g/mol. The Kier molecular flexibility index (Phi) is 10.6. The maximum Gasteiger partial charge on any atom is 0.314 e. The van der Waals surface area contributed by atoms with E-state index in [9.17, 15) is 0 Å². The highest BCUT2D eigenvalue weighted by molar-refractivity contribution is 6.87. The molecule has 2 fully saturated rings. The predicted molar refractivity (Wildman–Crippen MR) is 103 cm³/mol. The summed E-state index contributed by atoms with van der Waals surface area (Å²) >= 11 is 0. The van der Waals surface area contributed by atoms with Crippen LogP contribution in [0.1, 0.15) is 13.3 Å². The third kappa shape index (κ3) is 20.4. The minimum Gasteiger partial charge on any atom is -0.437 e. The van der Waals surface area contributed by atoms with Crippen LogP contribution in [0, 0.1) is 0 Å². The van der Waals surface area contributed by atoms with Crippen LogP contribution in [0.2, 0.25) is 51.9 Å². The zero-order chi connectivity index (χ0) is 18.1. The molecule has 0 aromatic carbocycles. The van der Waals surface area contributed by atoms with E-state index in [0.717, 1.165) is 32.3 Å². The van der Waals surface area contributed by atoms with E-state index in [-0.39, 0.29) is 6.61 Å². The Bertz CT molecular complexity index is 290. The normalized spacial score (nSPS) is 20.0. The first-order valence-electron chi connectivity index (χ1n) is 8.57. The topological polar surface area (TPSA) is 63.8 Å². The Hall–Kier alpha value is 0.451. The van der Waals surface area contributed by atoms with Gasteiger partial charge in [0.05, 0.1) is 25.9 Å². The molecule has 5 nitrogen and oxygen atoms in total. The summed E-state index contributed by atoms with van der Waals surface area (Å²) in [6.45, 7) is 20.6. The van der Waals surface area contributed by atoms with Crippen LogP contribution in [0.3, 0.4) is 0 Å². The van der Waals surface area contributed by atoms with Crippen molar-refractivity contribution in [2.75, 3.05) is 26.4 Å². The van der Waals surface area contributed by atoms with Gasteiger partial charge >= 0.3 is 8.56 Å². The summed E-state index contributed by atoms with van der Waals surface area (Å²) in [6, 6.07) is 0.901. The molecule has 23 heavy (non-hydrogen) atoms. The fourth-order valence-corrected chi connectivity index (χ4v) is 14.4.